The maximum Gasteiger partial charge on any atom is 0.0778 e. The summed E-state index contributed by atoms with van der Waals surface area (Å²) < 4.78 is 0. The minimum absolute atomic E-state index is 0.157. The summed E-state index contributed by atoms with van der Waals surface area (Å²) in [5, 5.41) is 10.2. The Kier molecular flexibility index (Phi) is 5.06. The molecule has 0 spiro atoms. The quantitative estimate of drug-likeness (QED) is 0.709. The first kappa shape index (κ1) is 12.6. The summed E-state index contributed by atoms with van der Waals surface area (Å²) in [5.74, 6) is 0.564. The number of allylic oxidation sites excluding steroid dienone is 5. The van der Waals surface area contributed by atoms with Crippen molar-refractivity contribution in [1.29, 1.82) is 0 Å². The molecule has 2 aliphatic rings. The first-order chi connectivity index (χ1) is 8.38. The molecule has 1 N–H and O–H groups in total. The highest BCUT2D eigenvalue weighted by molar-refractivity contribution is 5.13. The van der Waals surface area contributed by atoms with Gasteiger partial charge in [-0.3, -0.25) is 0 Å². The number of aliphatic hydroxyl groups is 1. The normalized spacial score (nSPS) is 31.5. The van der Waals surface area contributed by atoms with E-state index < -0.39 is 0 Å². The maximum atomic E-state index is 10.2. The monoisotopic (exact) mass is 232 g/mol. The molecule has 0 aliphatic heterocycles. The highest BCUT2D eigenvalue weighted by Gasteiger charge is 2.31. The smallest absolute Gasteiger partial charge is 0.0778 e. The summed E-state index contributed by atoms with van der Waals surface area (Å²) in [7, 11) is 0. The zero-order chi connectivity index (χ0) is 11.9. The first-order valence-electron chi connectivity index (χ1n) is 7.05. The molecule has 2 rings (SSSR count). The fourth-order valence-electron chi connectivity index (χ4n) is 2.36. The van der Waals surface area contributed by atoms with Crippen LogP contribution in [0.5, 0.6) is 0 Å². The third kappa shape index (κ3) is 4.51. The van der Waals surface area contributed by atoms with E-state index in [9.17, 15) is 5.11 Å². The van der Waals surface area contributed by atoms with E-state index in [1.54, 1.807) is 0 Å². The van der Waals surface area contributed by atoms with Crippen LogP contribution in [0.3, 0.4) is 0 Å². The molecule has 0 bridgehead atoms. The molecule has 1 heteroatoms. The van der Waals surface area contributed by atoms with Gasteiger partial charge >= 0.3 is 0 Å². The lowest BCUT2D eigenvalue weighted by Crippen LogP contribution is -2.12. The highest BCUT2D eigenvalue weighted by Crippen LogP contribution is 2.37. The highest BCUT2D eigenvalue weighted by atomic mass is 16.3. The first-order valence-corrected chi connectivity index (χ1v) is 7.05. The minimum atomic E-state index is -0.157. The van der Waals surface area contributed by atoms with Gasteiger partial charge in [0.2, 0.25) is 0 Å². The maximum absolute atomic E-state index is 10.2. The third-order valence-corrected chi connectivity index (χ3v) is 3.62. The van der Waals surface area contributed by atoms with Crippen molar-refractivity contribution < 1.29 is 5.11 Å². The summed E-state index contributed by atoms with van der Waals surface area (Å²) >= 11 is 0. The van der Waals surface area contributed by atoms with Gasteiger partial charge in [-0.15, -0.1) is 0 Å². The van der Waals surface area contributed by atoms with Gasteiger partial charge in [0.15, 0.2) is 0 Å². The Bertz CT molecular complexity index is 307. The van der Waals surface area contributed by atoms with Crippen molar-refractivity contribution in [2.75, 3.05) is 0 Å². The zero-order valence-electron chi connectivity index (χ0n) is 10.6. The number of hydrogen-bond acceptors (Lipinski definition) is 1. The van der Waals surface area contributed by atoms with E-state index in [1.165, 1.54) is 18.4 Å². The molecule has 2 aliphatic carbocycles. The summed E-state index contributed by atoms with van der Waals surface area (Å²) in [5.41, 5.74) is 1.28. The van der Waals surface area contributed by atoms with Crippen molar-refractivity contribution in [2.45, 2.75) is 57.5 Å². The Labute approximate surface area is 105 Å². The number of hydrogen-bond donors (Lipinski definition) is 1. The van der Waals surface area contributed by atoms with Crippen molar-refractivity contribution in [3.05, 3.63) is 36.0 Å². The molecule has 0 aromatic carbocycles. The van der Waals surface area contributed by atoms with Gasteiger partial charge in [-0.25, -0.2) is 0 Å². The van der Waals surface area contributed by atoms with Gasteiger partial charge in [-0.2, -0.15) is 0 Å². The summed E-state index contributed by atoms with van der Waals surface area (Å²) in [6.45, 7) is 0. The molecule has 1 saturated carbocycles. The molecule has 0 heterocycles. The number of rotatable bonds is 2. The third-order valence-electron chi connectivity index (χ3n) is 3.62. The van der Waals surface area contributed by atoms with E-state index in [1.807, 2.05) is 0 Å². The van der Waals surface area contributed by atoms with E-state index >= 15 is 0 Å². The zero-order valence-corrected chi connectivity index (χ0v) is 10.6. The predicted molar refractivity (Wildman–Crippen MR) is 72.8 cm³/mol. The van der Waals surface area contributed by atoms with Gasteiger partial charge in [0.05, 0.1) is 6.10 Å². The van der Waals surface area contributed by atoms with Crippen LogP contribution in [0.4, 0.5) is 0 Å². The van der Waals surface area contributed by atoms with E-state index in [4.69, 9.17) is 0 Å². The lowest BCUT2D eigenvalue weighted by molar-refractivity contribution is 0.183. The van der Waals surface area contributed by atoms with E-state index in [2.05, 4.69) is 30.4 Å². The molecule has 1 unspecified atom stereocenters. The van der Waals surface area contributed by atoms with Crippen molar-refractivity contribution in [2.24, 2.45) is 5.92 Å². The van der Waals surface area contributed by atoms with Crippen LogP contribution in [0.1, 0.15) is 51.4 Å². The second-order valence-corrected chi connectivity index (χ2v) is 5.20. The number of aliphatic hydroxyl groups excluding tert-OH is 1. The molecule has 0 aromatic rings. The lowest BCUT2D eigenvalue weighted by atomic mass is 9.98. The second kappa shape index (κ2) is 6.80. The predicted octanol–water partition coefficient (Wildman–Crippen LogP) is 4.15. The molecule has 0 aromatic heterocycles. The van der Waals surface area contributed by atoms with Gasteiger partial charge in [-0.1, -0.05) is 30.4 Å². The Morgan fingerprint density at radius 1 is 0.882 bits per heavy atom. The summed E-state index contributed by atoms with van der Waals surface area (Å²) in [6, 6.07) is 0. The van der Waals surface area contributed by atoms with Gasteiger partial charge in [0.25, 0.3) is 0 Å². The SMILES string of the molecule is OC(/C1=C/CC/C=C\CC/C=C\CC1)C1CC1. The Balaban J connectivity index is 1.94. The molecule has 17 heavy (non-hydrogen) atoms. The van der Waals surface area contributed by atoms with Crippen LogP contribution >= 0.6 is 0 Å². The van der Waals surface area contributed by atoms with Gasteiger partial charge in [0.1, 0.15) is 0 Å². The van der Waals surface area contributed by atoms with E-state index in [0.717, 1.165) is 38.5 Å². The summed E-state index contributed by atoms with van der Waals surface area (Å²) in [6.07, 6.45) is 20.3. The minimum Gasteiger partial charge on any atom is -0.388 e. The van der Waals surface area contributed by atoms with Crippen molar-refractivity contribution in [3.8, 4) is 0 Å². The van der Waals surface area contributed by atoms with E-state index in [-0.39, 0.29) is 6.10 Å². The van der Waals surface area contributed by atoms with Crippen LogP contribution in [-0.4, -0.2) is 11.2 Å². The van der Waals surface area contributed by atoms with Crippen molar-refractivity contribution in [1.82, 2.24) is 0 Å². The fourth-order valence-corrected chi connectivity index (χ4v) is 2.36. The van der Waals surface area contributed by atoms with E-state index in [0.29, 0.717) is 5.92 Å². The van der Waals surface area contributed by atoms with Gasteiger partial charge < -0.3 is 5.11 Å². The molecule has 0 saturated heterocycles. The van der Waals surface area contributed by atoms with Crippen LogP contribution in [0.2, 0.25) is 0 Å². The Hall–Kier alpha value is -0.820. The van der Waals surface area contributed by atoms with Gasteiger partial charge in [0, 0.05) is 0 Å². The molecule has 0 amide bonds. The Morgan fingerprint density at radius 3 is 2.12 bits per heavy atom. The molecule has 94 valence electrons. The van der Waals surface area contributed by atoms with Crippen LogP contribution in [0, 0.1) is 5.92 Å². The van der Waals surface area contributed by atoms with Crippen molar-refractivity contribution in [3.63, 3.8) is 0 Å². The average molecular weight is 232 g/mol. The topological polar surface area (TPSA) is 20.2 Å². The second-order valence-electron chi connectivity index (χ2n) is 5.20. The molecular formula is C16H24O. The molecule has 1 atom stereocenters. The molecule has 0 radical (unpaired) electrons. The van der Waals surface area contributed by atoms with Crippen LogP contribution in [0.25, 0.3) is 0 Å². The molecule has 1 fully saturated rings. The molecule has 1 nitrogen and oxygen atoms in total. The van der Waals surface area contributed by atoms with Crippen LogP contribution in [-0.2, 0) is 0 Å². The summed E-state index contributed by atoms with van der Waals surface area (Å²) in [4.78, 5) is 0. The van der Waals surface area contributed by atoms with Gasteiger partial charge in [-0.05, 0) is 62.9 Å². The fraction of sp³-hybridized carbons (Fsp3) is 0.625. The average Bonchev–Trinajstić information content (AvgIpc) is 3.13. The standard InChI is InChI=1S/C16H24O/c17-16(15-12-13-15)14-10-8-6-4-2-1-3-5-7-9-11-14/h2,4-5,7,10,15-17H,1,3,6,8-9,11-13H2/b4-2-,7-5-,14-10+. The van der Waals surface area contributed by atoms with Crippen molar-refractivity contribution >= 4 is 0 Å². The largest absolute Gasteiger partial charge is 0.388 e. The van der Waals surface area contributed by atoms with Crippen LogP contribution in [0.15, 0.2) is 36.0 Å². The Morgan fingerprint density at radius 2 is 1.47 bits per heavy atom. The molecular weight excluding hydrogens is 208 g/mol. The van der Waals surface area contributed by atoms with Crippen LogP contribution < -0.4 is 0 Å². The lowest BCUT2D eigenvalue weighted by Gasteiger charge is -2.14.